The Morgan fingerprint density at radius 2 is 1.86 bits per heavy atom. The summed E-state index contributed by atoms with van der Waals surface area (Å²) in [5.41, 5.74) is -1.13. The van der Waals surface area contributed by atoms with Crippen molar-refractivity contribution in [2.75, 3.05) is 6.54 Å². The number of rotatable bonds is 5. The molecule has 0 spiro atoms. The van der Waals surface area contributed by atoms with Crippen molar-refractivity contribution in [1.29, 1.82) is 0 Å². The molecule has 1 atom stereocenters. The molecule has 2 heterocycles. The van der Waals surface area contributed by atoms with Crippen LogP contribution in [0, 0.1) is 0 Å². The average Bonchev–Trinajstić information content (AvgIpc) is 3.29. The number of fused-ring (bicyclic) bond motifs is 1. The fourth-order valence-electron chi connectivity index (χ4n) is 3.94. The van der Waals surface area contributed by atoms with Crippen LogP contribution < -0.4 is 0 Å². The molecule has 1 fully saturated rings. The summed E-state index contributed by atoms with van der Waals surface area (Å²) in [4.78, 5) is 43.9. The first-order valence-corrected chi connectivity index (χ1v) is 9.27. The predicted molar refractivity (Wildman–Crippen MR) is 105 cm³/mol. The van der Waals surface area contributed by atoms with Gasteiger partial charge in [0, 0.05) is 25.5 Å². The molecule has 2 aromatic carbocycles. The molecule has 8 nitrogen and oxygen atoms in total. The van der Waals surface area contributed by atoms with Gasteiger partial charge in [0.05, 0.1) is 6.33 Å². The number of imidazole rings is 1. The lowest BCUT2D eigenvalue weighted by Crippen LogP contribution is -2.47. The topological polar surface area (TPSA) is 95.7 Å². The van der Waals surface area contributed by atoms with E-state index in [0.29, 0.717) is 23.4 Å². The number of carbonyl (C=O) groups is 3. The Kier molecular flexibility index (Phi) is 4.54. The maximum Gasteiger partial charge on any atom is 0.416 e. The van der Waals surface area contributed by atoms with Crippen LogP contribution in [0.5, 0.6) is 0 Å². The highest BCUT2D eigenvalue weighted by molar-refractivity contribution is 6.14. The first-order chi connectivity index (χ1) is 13.9. The van der Waals surface area contributed by atoms with Crippen molar-refractivity contribution in [1.82, 2.24) is 19.4 Å². The van der Waals surface area contributed by atoms with Crippen molar-refractivity contribution in [3.05, 3.63) is 66.7 Å². The van der Waals surface area contributed by atoms with E-state index in [2.05, 4.69) is 4.98 Å². The maximum atomic E-state index is 13.4. The Hall–Kier alpha value is -3.68. The Morgan fingerprint density at radius 1 is 1.10 bits per heavy atom. The standard InChI is InChI=1S/C21H20N4O4/c1-21(17-9-4-7-15-6-2-3-8-16(15)17)18(26)24(19(27)25(21)20(28)29)12-5-11-23-13-10-22-14-23/h2-4,6-10,13-14H,5,11-12H2,1H3,(H,28,29). The van der Waals surface area contributed by atoms with Crippen molar-refractivity contribution in [3.63, 3.8) is 0 Å². The van der Waals surface area contributed by atoms with Crippen LogP contribution >= 0.6 is 0 Å². The van der Waals surface area contributed by atoms with Gasteiger partial charge in [0.15, 0.2) is 5.54 Å². The first-order valence-electron chi connectivity index (χ1n) is 9.27. The van der Waals surface area contributed by atoms with E-state index in [4.69, 9.17) is 0 Å². The largest absolute Gasteiger partial charge is 0.465 e. The van der Waals surface area contributed by atoms with Crippen LogP contribution in [0.25, 0.3) is 10.8 Å². The lowest BCUT2D eigenvalue weighted by atomic mass is 9.86. The fraction of sp³-hybridized carbons (Fsp3) is 0.238. The van der Waals surface area contributed by atoms with Crippen LogP contribution in [0.15, 0.2) is 61.2 Å². The van der Waals surface area contributed by atoms with E-state index in [1.54, 1.807) is 30.9 Å². The van der Waals surface area contributed by atoms with Gasteiger partial charge in [-0.2, -0.15) is 0 Å². The van der Waals surface area contributed by atoms with Gasteiger partial charge < -0.3 is 9.67 Å². The van der Waals surface area contributed by atoms with Gasteiger partial charge in [0.25, 0.3) is 5.91 Å². The number of hydrogen-bond donors (Lipinski definition) is 1. The number of aromatic nitrogens is 2. The molecule has 4 amide bonds. The van der Waals surface area contributed by atoms with Crippen molar-refractivity contribution in [3.8, 4) is 0 Å². The second-order valence-corrected chi connectivity index (χ2v) is 7.11. The lowest BCUT2D eigenvalue weighted by Gasteiger charge is -2.29. The molecule has 4 rings (SSSR count). The molecular weight excluding hydrogens is 372 g/mol. The summed E-state index contributed by atoms with van der Waals surface area (Å²) in [6.07, 6.45) is 4.13. The molecule has 148 valence electrons. The molecule has 0 bridgehead atoms. The van der Waals surface area contributed by atoms with E-state index < -0.39 is 23.6 Å². The number of nitrogens with zero attached hydrogens (tertiary/aromatic N) is 4. The van der Waals surface area contributed by atoms with Crippen LogP contribution in [-0.4, -0.2) is 49.0 Å². The zero-order valence-corrected chi connectivity index (χ0v) is 15.9. The highest BCUT2D eigenvalue weighted by atomic mass is 16.4. The summed E-state index contributed by atoms with van der Waals surface area (Å²) in [5, 5.41) is 11.4. The maximum absolute atomic E-state index is 13.4. The van der Waals surface area contributed by atoms with Gasteiger partial charge in [-0.3, -0.25) is 9.69 Å². The SMILES string of the molecule is CC1(c2cccc3ccccc23)C(=O)N(CCCn2ccnc2)C(=O)N1C(=O)O. The minimum Gasteiger partial charge on any atom is -0.465 e. The third-order valence-corrected chi connectivity index (χ3v) is 5.39. The molecule has 1 saturated heterocycles. The van der Waals surface area contributed by atoms with Gasteiger partial charge in [-0.25, -0.2) is 19.5 Å². The summed E-state index contributed by atoms with van der Waals surface area (Å²) < 4.78 is 1.84. The van der Waals surface area contributed by atoms with Crippen LogP contribution in [0.2, 0.25) is 0 Å². The molecule has 1 aliphatic rings. The quantitative estimate of drug-likeness (QED) is 0.672. The summed E-state index contributed by atoms with van der Waals surface area (Å²) in [5.74, 6) is -0.535. The van der Waals surface area contributed by atoms with Gasteiger partial charge >= 0.3 is 12.1 Å². The van der Waals surface area contributed by atoms with Gasteiger partial charge in [-0.15, -0.1) is 0 Å². The van der Waals surface area contributed by atoms with Gasteiger partial charge in [0.1, 0.15) is 0 Å². The molecule has 1 aromatic heterocycles. The molecule has 8 heteroatoms. The zero-order valence-electron chi connectivity index (χ0n) is 15.9. The average molecular weight is 392 g/mol. The number of carbonyl (C=O) groups excluding carboxylic acids is 2. The Morgan fingerprint density at radius 3 is 2.59 bits per heavy atom. The number of carboxylic acid groups (broad SMARTS) is 1. The van der Waals surface area contributed by atoms with Crippen molar-refractivity contribution < 1.29 is 19.5 Å². The van der Waals surface area contributed by atoms with Crippen LogP contribution in [0.1, 0.15) is 18.9 Å². The Labute approximate surface area is 167 Å². The fourth-order valence-corrected chi connectivity index (χ4v) is 3.94. The Bertz CT molecular complexity index is 1090. The summed E-state index contributed by atoms with van der Waals surface area (Å²) >= 11 is 0. The minimum atomic E-state index is -1.63. The van der Waals surface area contributed by atoms with Gasteiger partial charge in [-0.1, -0.05) is 42.5 Å². The Balaban J connectivity index is 1.71. The molecule has 0 saturated carbocycles. The number of imide groups is 2. The third-order valence-electron chi connectivity index (χ3n) is 5.39. The first kappa shape index (κ1) is 18.7. The van der Waals surface area contributed by atoms with Crippen molar-refractivity contribution in [2.24, 2.45) is 0 Å². The zero-order chi connectivity index (χ0) is 20.6. The van der Waals surface area contributed by atoms with Crippen molar-refractivity contribution in [2.45, 2.75) is 25.4 Å². The number of urea groups is 1. The highest BCUT2D eigenvalue weighted by Crippen LogP contribution is 2.40. The number of aryl methyl sites for hydroxylation is 1. The normalized spacial score (nSPS) is 19.3. The van der Waals surface area contributed by atoms with E-state index >= 15 is 0 Å². The molecule has 29 heavy (non-hydrogen) atoms. The van der Waals surface area contributed by atoms with Crippen LogP contribution in [0.4, 0.5) is 9.59 Å². The highest BCUT2D eigenvalue weighted by Gasteiger charge is 2.58. The van der Waals surface area contributed by atoms with E-state index in [0.717, 1.165) is 15.7 Å². The number of amides is 4. The molecule has 1 unspecified atom stereocenters. The second-order valence-electron chi connectivity index (χ2n) is 7.11. The van der Waals surface area contributed by atoms with E-state index in [1.165, 1.54) is 6.92 Å². The van der Waals surface area contributed by atoms with Crippen LogP contribution in [-0.2, 0) is 16.9 Å². The van der Waals surface area contributed by atoms with Gasteiger partial charge in [-0.05, 0) is 29.7 Å². The van der Waals surface area contributed by atoms with E-state index in [1.807, 2.05) is 34.9 Å². The minimum absolute atomic E-state index is 0.125. The molecule has 0 radical (unpaired) electrons. The summed E-state index contributed by atoms with van der Waals surface area (Å²) in [6.45, 7) is 2.19. The van der Waals surface area contributed by atoms with Crippen LogP contribution in [0.3, 0.4) is 0 Å². The summed E-state index contributed by atoms with van der Waals surface area (Å²) in [6, 6.07) is 12.0. The lowest BCUT2D eigenvalue weighted by molar-refractivity contribution is -0.132. The molecule has 3 aromatic rings. The number of benzene rings is 2. The summed E-state index contributed by atoms with van der Waals surface area (Å²) in [7, 11) is 0. The van der Waals surface area contributed by atoms with E-state index in [9.17, 15) is 19.5 Å². The predicted octanol–water partition coefficient (Wildman–Crippen LogP) is 3.28. The smallest absolute Gasteiger partial charge is 0.416 e. The monoisotopic (exact) mass is 392 g/mol. The number of hydrogen-bond acceptors (Lipinski definition) is 4. The molecular formula is C21H20N4O4. The van der Waals surface area contributed by atoms with Gasteiger partial charge in [0.2, 0.25) is 0 Å². The molecule has 0 aliphatic carbocycles. The molecule has 1 aliphatic heterocycles. The van der Waals surface area contributed by atoms with E-state index in [-0.39, 0.29) is 6.54 Å². The third kappa shape index (κ3) is 2.93. The second kappa shape index (κ2) is 7.05. The van der Waals surface area contributed by atoms with Crippen molar-refractivity contribution >= 4 is 28.8 Å². The molecule has 1 N–H and O–H groups in total.